The summed E-state index contributed by atoms with van der Waals surface area (Å²) in [5.74, 6) is -3.51. The topological polar surface area (TPSA) is 21.3 Å². The van der Waals surface area contributed by atoms with Gasteiger partial charge in [-0.1, -0.05) is 19.9 Å². The molecule has 20 heavy (non-hydrogen) atoms. The van der Waals surface area contributed by atoms with E-state index < -0.39 is 18.4 Å². The summed E-state index contributed by atoms with van der Waals surface area (Å²) in [6.45, 7) is 4.28. The van der Waals surface area contributed by atoms with Gasteiger partial charge in [-0.3, -0.25) is 0 Å². The molecule has 1 heterocycles. The summed E-state index contributed by atoms with van der Waals surface area (Å²) in [6, 6.07) is 2.76. The molecule has 0 saturated carbocycles. The Labute approximate surface area is 115 Å². The Bertz CT molecular complexity index is 502. The van der Waals surface area contributed by atoms with E-state index in [4.69, 9.17) is 4.74 Å². The number of ether oxygens (including phenoxy) is 1. The molecule has 0 spiro atoms. The van der Waals surface area contributed by atoms with Crippen LogP contribution in [-0.4, -0.2) is 26.0 Å². The van der Waals surface area contributed by atoms with Gasteiger partial charge in [0.1, 0.15) is 11.8 Å². The van der Waals surface area contributed by atoms with E-state index in [1.165, 1.54) is 19.2 Å². The second kappa shape index (κ2) is 4.91. The minimum Gasteiger partial charge on any atom is -0.492 e. The van der Waals surface area contributed by atoms with Crippen molar-refractivity contribution in [3.05, 3.63) is 29.3 Å². The zero-order chi connectivity index (χ0) is 15.1. The summed E-state index contributed by atoms with van der Waals surface area (Å²) < 4.78 is 57.7. The van der Waals surface area contributed by atoms with E-state index in [1.807, 2.05) is 13.8 Å². The van der Waals surface area contributed by atoms with Crippen LogP contribution in [0, 0.1) is 0 Å². The smallest absolute Gasteiger partial charge is 0.326 e. The number of alkyl halides is 4. The van der Waals surface area contributed by atoms with Gasteiger partial charge in [-0.05, 0) is 24.7 Å². The molecule has 112 valence electrons. The highest BCUT2D eigenvalue weighted by Crippen LogP contribution is 2.42. The van der Waals surface area contributed by atoms with Crippen LogP contribution < -0.4 is 10.1 Å². The lowest BCUT2D eigenvalue weighted by Crippen LogP contribution is -2.41. The molecule has 0 aromatic heterocycles. The molecule has 1 unspecified atom stereocenters. The van der Waals surface area contributed by atoms with Gasteiger partial charge in [0.05, 0.1) is 6.61 Å². The maximum Gasteiger partial charge on any atom is 0.326 e. The van der Waals surface area contributed by atoms with Gasteiger partial charge in [0.2, 0.25) is 0 Å². The summed E-state index contributed by atoms with van der Waals surface area (Å²) in [7, 11) is 1.25. The van der Waals surface area contributed by atoms with Crippen LogP contribution in [0.4, 0.5) is 17.6 Å². The summed E-state index contributed by atoms with van der Waals surface area (Å²) in [5, 5.41) is 2.29. The SMILES string of the molecule is CNC(c1ccc2c(c1)C(C)(C)CO2)C(F)(F)C(F)F. The van der Waals surface area contributed by atoms with Crippen LogP contribution in [0.25, 0.3) is 0 Å². The van der Waals surface area contributed by atoms with Crippen molar-refractivity contribution in [2.75, 3.05) is 13.7 Å². The second-order valence-corrected chi connectivity index (χ2v) is 5.63. The van der Waals surface area contributed by atoms with Crippen molar-refractivity contribution < 1.29 is 22.3 Å². The van der Waals surface area contributed by atoms with Crippen LogP contribution in [-0.2, 0) is 5.41 Å². The number of benzene rings is 1. The summed E-state index contributed by atoms with van der Waals surface area (Å²) in [6.07, 6.45) is -3.72. The number of hydrogen-bond acceptors (Lipinski definition) is 2. The van der Waals surface area contributed by atoms with Crippen LogP contribution in [0.5, 0.6) is 5.75 Å². The van der Waals surface area contributed by atoms with Crippen molar-refractivity contribution in [1.82, 2.24) is 5.32 Å². The first-order valence-electron chi connectivity index (χ1n) is 6.30. The van der Waals surface area contributed by atoms with Crippen molar-refractivity contribution in [2.24, 2.45) is 0 Å². The van der Waals surface area contributed by atoms with E-state index in [0.717, 1.165) is 5.56 Å². The molecule has 2 nitrogen and oxygen atoms in total. The predicted octanol–water partition coefficient (Wildman–Crippen LogP) is 3.52. The highest BCUT2D eigenvalue weighted by atomic mass is 19.3. The van der Waals surface area contributed by atoms with E-state index in [-0.39, 0.29) is 11.0 Å². The van der Waals surface area contributed by atoms with E-state index in [1.54, 1.807) is 6.07 Å². The second-order valence-electron chi connectivity index (χ2n) is 5.63. The maximum absolute atomic E-state index is 13.6. The first-order valence-corrected chi connectivity index (χ1v) is 6.30. The lowest BCUT2D eigenvalue weighted by molar-refractivity contribution is -0.150. The molecular formula is C14H17F4NO. The van der Waals surface area contributed by atoms with Gasteiger partial charge in [-0.2, -0.15) is 8.78 Å². The van der Waals surface area contributed by atoms with Gasteiger partial charge >= 0.3 is 12.3 Å². The molecule has 0 aliphatic carbocycles. The van der Waals surface area contributed by atoms with Crippen LogP contribution in [0.1, 0.15) is 31.0 Å². The third-order valence-corrected chi connectivity index (χ3v) is 3.62. The molecule has 0 radical (unpaired) electrons. The third kappa shape index (κ3) is 2.37. The highest BCUT2D eigenvalue weighted by molar-refractivity contribution is 5.46. The highest BCUT2D eigenvalue weighted by Gasteiger charge is 2.49. The first kappa shape index (κ1) is 15.1. The molecule has 6 heteroatoms. The zero-order valence-electron chi connectivity index (χ0n) is 11.5. The molecular weight excluding hydrogens is 274 g/mol. The van der Waals surface area contributed by atoms with E-state index >= 15 is 0 Å². The average molecular weight is 291 g/mol. The molecule has 0 bridgehead atoms. The average Bonchev–Trinajstić information content (AvgIpc) is 2.66. The minimum absolute atomic E-state index is 0.134. The van der Waals surface area contributed by atoms with Crippen molar-refractivity contribution in [1.29, 1.82) is 0 Å². The molecule has 1 N–H and O–H groups in total. The lowest BCUT2D eigenvalue weighted by Gasteiger charge is -2.27. The molecule has 1 aromatic rings. The van der Waals surface area contributed by atoms with Crippen LogP contribution >= 0.6 is 0 Å². The molecule has 0 amide bonds. The monoisotopic (exact) mass is 291 g/mol. The predicted molar refractivity (Wildman–Crippen MR) is 67.7 cm³/mol. The van der Waals surface area contributed by atoms with Crippen LogP contribution in [0.15, 0.2) is 18.2 Å². The van der Waals surface area contributed by atoms with Crippen molar-refractivity contribution in [2.45, 2.75) is 37.7 Å². The fourth-order valence-corrected chi connectivity index (χ4v) is 2.43. The molecule has 2 rings (SSSR count). The Balaban J connectivity index is 2.43. The van der Waals surface area contributed by atoms with Gasteiger partial charge in [0, 0.05) is 11.0 Å². The molecule has 1 aliphatic heterocycles. The van der Waals surface area contributed by atoms with E-state index in [9.17, 15) is 17.6 Å². The molecule has 1 aromatic carbocycles. The Morgan fingerprint density at radius 3 is 2.50 bits per heavy atom. The van der Waals surface area contributed by atoms with Gasteiger partial charge in [-0.15, -0.1) is 0 Å². The Kier molecular flexibility index (Phi) is 3.71. The van der Waals surface area contributed by atoms with E-state index in [2.05, 4.69) is 5.32 Å². The normalized spacial score (nSPS) is 18.8. The zero-order valence-corrected chi connectivity index (χ0v) is 11.5. The molecule has 1 atom stereocenters. The van der Waals surface area contributed by atoms with Crippen molar-refractivity contribution >= 4 is 0 Å². The standard InChI is InChI=1S/C14H17F4NO/c1-13(2)7-20-10-5-4-8(6-9(10)13)11(19-3)14(17,18)12(15)16/h4-6,11-12,19H,7H2,1-3H3. The minimum atomic E-state index is -4.13. The quantitative estimate of drug-likeness (QED) is 0.857. The number of halogens is 4. The number of nitrogens with one attached hydrogen (secondary N) is 1. The maximum atomic E-state index is 13.6. The van der Waals surface area contributed by atoms with Crippen molar-refractivity contribution in [3.8, 4) is 5.75 Å². The van der Waals surface area contributed by atoms with Gasteiger partial charge in [-0.25, -0.2) is 8.78 Å². The Morgan fingerprint density at radius 1 is 1.30 bits per heavy atom. The molecule has 0 saturated heterocycles. The number of fused-ring (bicyclic) bond motifs is 1. The largest absolute Gasteiger partial charge is 0.492 e. The summed E-state index contributed by atoms with van der Waals surface area (Å²) in [4.78, 5) is 0. The molecule has 1 aliphatic rings. The van der Waals surface area contributed by atoms with Gasteiger partial charge in [0.15, 0.2) is 0 Å². The van der Waals surface area contributed by atoms with Gasteiger partial charge < -0.3 is 10.1 Å². The fourth-order valence-electron chi connectivity index (χ4n) is 2.43. The summed E-state index contributed by atoms with van der Waals surface area (Å²) >= 11 is 0. The van der Waals surface area contributed by atoms with Crippen LogP contribution in [0.2, 0.25) is 0 Å². The molecule has 0 fully saturated rings. The lowest BCUT2D eigenvalue weighted by atomic mass is 9.85. The van der Waals surface area contributed by atoms with Crippen LogP contribution in [0.3, 0.4) is 0 Å². The van der Waals surface area contributed by atoms with Crippen molar-refractivity contribution in [3.63, 3.8) is 0 Å². The number of rotatable bonds is 4. The fraction of sp³-hybridized carbons (Fsp3) is 0.571. The van der Waals surface area contributed by atoms with E-state index in [0.29, 0.717) is 12.4 Å². The summed E-state index contributed by atoms with van der Waals surface area (Å²) in [5.41, 5.74) is 0.583. The number of hydrogen-bond donors (Lipinski definition) is 1. The Morgan fingerprint density at radius 2 is 1.95 bits per heavy atom. The third-order valence-electron chi connectivity index (χ3n) is 3.62. The Hall–Kier alpha value is -1.30. The van der Waals surface area contributed by atoms with Gasteiger partial charge in [0.25, 0.3) is 0 Å². The first-order chi connectivity index (χ1) is 9.20.